The first-order valence-electron chi connectivity index (χ1n) is 29.3. The van der Waals surface area contributed by atoms with Crippen LogP contribution >= 0.6 is 0 Å². The molecule has 66 heavy (non-hydrogen) atoms. The molecule has 0 bridgehead atoms. The molecule has 0 aliphatic rings. The fraction of sp³-hybridized carbons (Fsp3) is 0.883. The molecule has 0 rings (SSSR count). The van der Waals surface area contributed by atoms with Crippen molar-refractivity contribution in [2.24, 2.45) is 0 Å². The van der Waals surface area contributed by atoms with Gasteiger partial charge in [0, 0.05) is 19.3 Å². The molecule has 6 nitrogen and oxygen atoms in total. The predicted octanol–water partition coefficient (Wildman–Crippen LogP) is 19.5. The second-order valence-electron chi connectivity index (χ2n) is 19.9. The van der Waals surface area contributed by atoms with E-state index in [-0.39, 0.29) is 31.1 Å². The second-order valence-corrected chi connectivity index (χ2v) is 19.9. The minimum Gasteiger partial charge on any atom is -0.462 e. The number of carbonyl (C=O) groups is 3. The van der Waals surface area contributed by atoms with Gasteiger partial charge in [-0.3, -0.25) is 14.4 Å². The fourth-order valence-electron chi connectivity index (χ4n) is 8.73. The number of allylic oxidation sites excluding steroid dienone is 4. The van der Waals surface area contributed by atoms with Gasteiger partial charge >= 0.3 is 17.9 Å². The van der Waals surface area contributed by atoms with E-state index in [9.17, 15) is 14.4 Å². The van der Waals surface area contributed by atoms with Gasteiger partial charge in [0.2, 0.25) is 0 Å². The van der Waals surface area contributed by atoms with E-state index in [1.165, 1.54) is 212 Å². The highest BCUT2D eigenvalue weighted by Gasteiger charge is 2.19. The summed E-state index contributed by atoms with van der Waals surface area (Å²) >= 11 is 0. The van der Waals surface area contributed by atoms with Crippen LogP contribution in [-0.4, -0.2) is 37.2 Å². The number of ether oxygens (including phenoxy) is 3. The van der Waals surface area contributed by atoms with Crippen molar-refractivity contribution < 1.29 is 28.6 Å². The number of carbonyl (C=O) groups excluding carboxylic acids is 3. The summed E-state index contributed by atoms with van der Waals surface area (Å²) in [5.74, 6) is -0.870. The molecule has 1 atom stereocenters. The third-order valence-corrected chi connectivity index (χ3v) is 13.2. The maximum atomic E-state index is 12.8. The standard InChI is InChI=1S/C60H112O6/c1-4-7-10-13-16-19-22-25-28-30-31-33-35-38-41-44-47-50-53-59(62)65-56-57(55-64-58(61)52-49-46-43-40-37-34-27-24-21-18-15-12-9-6-3)66-60(63)54-51-48-45-42-39-36-32-29-26-23-20-17-14-11-8-5-2/h24,27,29,32,57H,4-23,25-26,28,30-31,33-56H2,1-3H3/b27-24-,32-29-/t57-/m1/s1. The lowest BCUT2D eigenvalue weighted by Gasteiger charge is -2.18. The van der Waals surface area contributed by atoms with Crippen molar-refractivity contribution in [1.29, 1.82) is 0 Å². The highest BCUT2D eigenvalue weighted by atomic mass is 16.6. The molecule has 0 aromatic rings. The first-order chi connectivity index (χ1) is 32.5. The Balaban J connectivity index is 4.33. The van der Waals surface area contributed by atoms with E-state index in [1.807, 2.05) is 0 Å². The molecule has 0 radical (unpaired) electrons. The van der Waals surface area contributed by atoms with E-state index in [0.29, 0.717) is 19.3 Å². The summed E-state index contributed by atoms with van der Waals surface area (Å²) in [6.45, 7) is 6.66. The quantitative estimate of drug-likeness (QED) is 0.0262. The molecule has 0 aliphatic carbocycles. The number of unbranched alkanes of at least 4 members (excludes halogenated alkanes) is 39. The summed E-state index contributed by atoms with van der Waals surface area (Å²) in [6.07, 6.45) is 64.5. The van der Waals surface area contributed by atoms with Crippen LogP contribution in [0.15, 0.2) is 24.3 Å². The van der Waals surface area contributed by atoms with Crippen molar-refractivity contribution in [2.75, 3.05) is 13.2 Å². The molecule has 0 saturated carbocycles. The van der Waals surface area contributed by atoms with E-state index in [1.54, 1.807) is 0 Å². The average molecular weight is 930 g/mol. The van der Waals surface area contributed by atoms with Crippen LogP contribution in [0.2, 0.25) is 0 Å². The molecule has 0 unspecified atom stereocenters. The molecule has 0 heterocycles. The van der Waals surface area contributed by atoms with E-state index in [0.717, 1.165) is 70.6 Å². The second kappa shape index (κ2) is 55.5. The van der Waals surface area contributed by atoms with Gasteiger partial charge in [-0.1, -0.05) is 257 Å². The minimum absolute atomic E-state index is 0.0727. The highest BCUT2D eigenvalue weighted by Crippen LogP contribution is 2.17. The van der Waals surface area contributed by atoms with Gasteiger partial charge in [-0.15, -0.1) is 0 Å². The van der Waals surface area contributed by atoms with Gasteiger partial charge in [0.05, 0.1) is 0 Å². The zero-order chi connectivity index (χ0) is 47.9. The summed E-state index contributed by atoms with van der Waals surface area (Å²) in [5, 5.41) is 0. The number of esters is 3. The molecule has 0 amide bonds. The average Bonchev–Trinajstić information content (AvgIpc) is 3.31. The summed E-state index contributed by atoms with van der Waals surface area (Å²) in [4.78, 5) is 38.1. The van der Waals surface area contributed by atoms with Crippen LogP contribution in [0.1, 0.15) is 323 Å². The molecule has 0 aromatic carbocycles. The lowest BCUT2D eigenvalue weighted by atomic mass is 10.0. The van der Waals surface area contributed by atoms with Crippen LogP contribution in [0.25, 0.3) is 0 Å². The Hall–Kier alpha value is -2.11. The molecule has 0 fully saturated rings. The predicted molar refractivity (Wildman–Crippen MR) is 284 cm³/mol. The van der Waals surface area contributed by atoms with E-state index in [4.69, 9.17) is 14.2 Å². The topological polar surface area (TPSA) is 78.9 Å². The van der Waals surface area contributed by atoms with Gasteiger partial charge < -0.3 is 14.2 Å². The molecule has 0 saturated heterocycles. The maximum Gasteiger partial charge on any atom is 0.306 e. The molecule has 0 N–H and O–H groups in total. The van der Waals surface area contributed by atoms with Crippen molar-refractivity contribution in [3.63, 3.8) is 0 Å². The zero-order valence-corrected chi connectivity index (χ0v) is 44.5. The Kier molecular flexibility index (Phi) is 53.7. The van der Waals surface area contributed by atoms with Gasteiger partial charge in [0.25, 0.3) is 0 Å². The van der Waals surface area contributed by atoms with Gasteiger partial charge in [-0.25, -0.2) is 0 Å². The number of hydrogen-bond acceptors (Lipinski definition) is 6. The molecular formula is C60H112O6. The molecule has 0 spiro atoms. The fourth-order valence-corrected chi connectivity index (χ4v) is 8.73. The first-order valence-corrected chi connectivity index (χ1v) is 29.3. The van der Waals surface area contributed by atoms with Crippen LogP contribution in [0.3, 0.4) is 0 Å². The summed E-state index contributed by atoms with van der Waals surface area (Å²) in [5.41, 5.74) is 0. The first kappa shape index (κ1) is 63.9. The van der Waals surface area contributed by atoms with E-state index >= 15 is 0 Å². The van der Waals surface area contributed by atoms with Gasteiger partial charge in [0.1, 0.15) is 13.2 Å². The summed E-state index contributed by atoms with van der Waals surface area (Å²) in [7, 11) is 0. The normalized spacial score (nSPS) is 12.1. The smallest absolute Gasteiger partial charge is 0.306 e. The van der Waals surface area contributed by atoms with Crippen LogP contribution in [0.5, 0.6) is 0 Å². The zero-order valence-electron chi connectivity index (χ0n) is 44.5. The Morgan fingerprint density at radius 3 is 0.758 bits per heavy atom. The number of rotatable bonds is 54. The van der Waals surface area contributed by atoms with E-state index < -0.39 is 6.10 Å². The van der Waals surface area contributed by atoms with Gasteiger partial charge in [-0.05, 0) is 70.6 Å². The lowest BCUT2D eigenvalue weighted by molar-refractivity contribution is -0.167. The number of hydrogen-bond donors (Lipinski definition) is 0. The Labute approximate surface area is 411 Å². The molecular weight excluding hydrogens is 817 g/mol. The minimum atomic E-state index is -0.775. The molecule has 388 valence electrons. The monoisotopic (exact) mass is 929 g/mol. The molecule has 6 heteroatoms. The third-order valence-electron chi connectivity index (χ3n) is 13.2. The van der Waals surface area contributed by atoms with Crippen molar-refractivity contribution >= 4 is 17.9 Å². The van der Waals surface area contributed by atoms with Crippen LogP contribution < -0.4 is 0 Å². The van der Waals surface area contributed by atoms with E-state index in [2.05, 4.69) is 45.1 Å². The van der Waals surface area contributed by atoms with Crippen molar-refractivity contribution in [2.45, 2.75) is 329 Å². The summed E-state index contributed by atoms with van der Waals surface area (Å²) < 4.78 is 16.9. The van der Waals surface area contributed by atoms with Crippen molar-refractivity contribution in [1.82, 2.24) is 0 Å². The summed E-state index contributed by atoms with van der Waals surface area (Å²) in [6, 6.07) is 0. The van der Waals surface area contributed by atoms with Crippen LogP contribution in [0, 0.1) is 0 Å². The Morgan fingerprint density at radius 1 is 0.288 bits per heavy atom. The Bertz CT molecular complexity index is 1070. The largest absolute Gasteiger partial charge is 0.462 e. The molecule has 0 aliphatic heterocycles. The molecule has 0 aromatic heterocycles. The Morgan fingerprint density at radius 2 is 0.500 bits per heavy atom. The van der Waals surface area contributed by atoms with Crippen LogP contribution in [0.4, 0.5) is 0 Å². The lowest BCUT2D eigenvalue weighted by Crippen LogP contribution is -2.30. The van der Waals surface area contributed by atoms with Gasteiger partial charge in [-0.2, -0.15) is 0 Å². The maximum absolute atomic E-state index is 12.8. The third kappa shape index (κ3) is 52.9. The SMILES string of the molecule is CCCCCCC/C=C\CCCCCCCC(=O)OC[C@H](COC(=O)CCCCCCCCCCCCCCCCCCCC)OC(=O)CCCCCCC/C=C\CCCCCCCCC. The van der Waals surface area contributed by atoms with Crippen molar-refractivity contribution in [3.8, 4) is 0 Å². The van der Waals surface area contributed by atoms with Crippen LogP contribution in [-0.2, 0) is 28.6 Å². The highest BCUT2D eigenvalue weighted by molar-refractivity contribution is 5.71. The van der Waals surface area contributed by atoms with Crippen molar-refractivity contribution in [3.05, 3.63) is 24.3 Å². The van der Waals surface area contributed by atoms with Gasteiger partial charge in [0.15, 0.2) is 6.10 Å².